The summed E-state index contributed by atoms with van der Waals surface area (Å²) in [4.78, 5) is 28.4. The predicted octanol–water partition coefficient (Wildman–Crippen LogP) is 1.85. The van der Waals surface area contributed by atoms with E-state index in [1.54, 1.807) is 36.7 Å². The molecule has 1 N–H and O–H groups in total. The lowest BCUT2D eigenvalue weighted by molar-refractivity contribution is 0.0952. The van der Waals surface area contributed by atoms with E-state index >= 15 is 0 Å². The molecule has 1 aliphatic rings. The number of carbonyl (C=O) groups excluding carboxylic acids is 1. The van der Waals surface area contributed by atoms with Gasteiger partial charge < -0.3 is 14.8 Å². The minimum atomic E-state index is -0.206. The molecule has 0 radical (unpaired) electrons. The molecule has 0 bridgehead atoms. The average molecular weight is 378 g/mol. The highest BCUT2D eigenvalue weighted by atomic mass is 16.7. The quantitative estimate of drug-likeness (QED) is 0.658. The summed E-state index contributed by atoms with van der Waals surface area (Å²) in [6.07, 6.45) is 3.95. The van der Waals surface area contributed by atoms with Gasteiger partial charge in [-0.05, 0) is 42.8 Å². The molecule has 1 amide bonds. The van der Waals surface area contributed by atoms with Gasteiger partial charge in [0.1, 0.15) is 0 Å². The summed E-state index contributed by atoms with van der Waals surface area (Å²) in [5.74, 6) is 0.994. The number of pyridine rings is 1. The molecule has 8 heteroatoms. The number of hydrogen-bond acceptors (Lipinski definition) is 6. The van der Waals surface area contributed by atoms with Crippen molar-refractivity contribution in [2.75, 3.05) is 13.3 Å². The molecule has 142 valence electrons. The maximum absolute atomic E-state index is 12.3. The second kappa shape index (κ2) is 7.91. The molecule has 0 fully saturated rings. The fourth-order valence-corrected chi connectivity index (χ4v) is 2.85. The highest BCUT2D eigenvalue weighted by Gasteiger charge is 2.16. The Morgan fingerprint density at radius 3 is 2.89 bits per heavy atom. The van der Waals surface area contributed by atoms with Crippen LogP contribution in [-0.2, 0) is 6.54 Å². The summed E-state index contributed by atoms with van der Waals surface area (Å²) in [7, 11) is 0. The molecule has 0 aliphatic carbocycles. The molecule has 0 unspecified atom stereocenters. The third-order valence-corrected chi connectivity index (χ3v) is 4.29. The SMILES string of the molecule is O=C(NCCCn1nc(-c2cccnc2)ccc1=O)c1ccc2c(c1)OCO2. The maximum atomic E-state index is 12.3. The van der Waals surface area contributed by atoms with Gasteiger partial charge in [0.2, 0.25) is 6.79 Å². The van der Waals surface area contributed by atoms with E-state index < -0.39 is 0 Å². The summed E-state index contributed by atoms with van der Waals surface area (Å²) in [5.41, 5.74) is 1.83. The summed E-state index contributed by atoms with van der Waals surface area (Å²) >= 11 is 0. The van der Waals surface area contributed by atoms with E-state index in [0.29, 0.717) is 42.3 Å². The number of carbonyl (C=O) groups is 1. The number of hydrogen-bond donors (Lipinski definition) is 1. The number of rotatable bonds is 6. The Bertz CT molecular complexity index is 1050. The lowest BCUT2D eigenvalue weighted by Crippen LogP contribution is -2.28. The number of benzene rings is 1. The van der Waals surface area contributed by atoms with E-state index in [4.69, 9.17) is 9.47 Å². The maximum Gasteiger partial charge on any atom is 0.266 e. The molecule has 2 aromatic heterocycles. The smallest absolute Gasteiger partial charge is 0.266 e. The van der Waals surface area contributed by atoms with Crippen LogP contribution in [0.15, 0.2) is 59.7 Å². The van der Waals surface area contributed by atoms with Gasteiger partial charge in [-0.1, -0.05) is 0 Å². The van der Waals surface area contributed by atoms with Crippen LogP contribution >= 0.6 is 0 Å². The first-order chi connectivity index (χ1) is 13.7. The molecular formula is C20H18N4O4. The lowest BCUT2D eigenvalue weighted by Gasteiger charge is -2.08. The minimum absolute atomic E-state index is 0.167. The Kier molecular flexibility index (Phi) is 5.01. The van der Waals surface area contributed by atoms with E-state index in [9.17, 15) is 9.59 Å². The number of aromatic nitrogens is 3. The minimum Gasteiger partial charge on any atom is -0.454 e. The van der Waals surface area contributed by atoms with Crippen LogP contribution in [0.25, 0.3) is 11.3 Å². The van der Waals surface area contributed by atoms with E-state index in [-0.39, 0.29) is 18.3 Å². The average Bonchev–Trinajstić information content (AvgIpc) is 3.20. The zero-order valence-electron chi connectivity index (χ0n) is 15.0. The first-order valence-corrected chi connectivity index (χ1v) is 8.87. The summed E-state index contributed by atoms with van der Waals surface area (Å²) in [6, 6.07) is 11.9. The molecule has 0 saturated heterocycles. The van der Waals surface area contributed by atoms with Gasteiger partial charge in [0.25, 0.3) is 11.5 Å². The lowest BCUT2D eigenvalue weighted by atomic mass is 10.2. The number of amides is 1. The van der Waals surface area contributed by atoms with E-state index in [1.807, 2.05) is 12.1 Å². The van der Waals surface area contributed by atoms with E-state index in [1.165, 1.54) is 10.7 Å². The van der Waals surface area contributed by atoms with Gasteiger partial charge in [0, 0.05) is 42.7 Å². The van der Waals surface area contributed by atoms with Crippen LogP contribution < -0.4 is 20.3 Å². The fourth-order valence-electron chi connectivity index (χ4n) is 2.85. The Labute approximate surface area is 160 Å². The summed E-state index contributed by atoms with van der Waals surface area (Å²) in [5, 5.41) is 7.22. The third kappa shape index (κ3) is 3.85. The highest BCUT2D eigenvalue weighted by Crippen LogP contribution is 2.32. The molecule has 0 saturated carbocycles. The molecule has 0 atom stereocenters. The Hall–Kier alpha value is -3.68. The topological polar surface area (TPSA) is 95.3 Å². The van der Waals surface area contributed by atoms with Gasteiger partial charge in [-0.2, -0.15) is 5.10 Å². The highest BCUT2D eigenvalue weighted by molar-refractivity contribution is 5.94. The first kappa shape index (κ1) is 17.7. The number of aryl methyl sites for hydroxylation is 1. The van der Waals surface area contributed by atoms with Crippen LogP contribution in [0.2, 0.25) is 0 Å². The van der Waals surface area contributed by atoms with Crippen molar-refractivity contribution in [1.29, 1.82) is 0 Å². The Balaban J connectivity index is 1.34. The van der Waals surface area contributed by atoms with Crippen LogP contribution in [0, 0.1) is 0 Å². The molecular weight excluding hydrogens is 360 g/mol. The van der Waals surface area contributed by atoms with Crippen molar-refractivity contribution in [2.45, 2.75) is 13.0 Å². The largest absolute Gasteiger partial charge is 0.454 e. The van der Waals surface area contributed by atoms with Crippen LogP contribution in [-0.4, -0.2) is 34.0 Å². The normalized spacial score (nSPS) is 12.0. The molecule has 1 aliphatic heterocycles. The van der Waals surface area contributed by atoms with Crippen molar-refractivity contribution in [3.8, 4) is 22.8 Å². The molecule has 3 aromatic rings. The second-order valence-corrected chi connectivity index (χ2v) is 6.20. The predicted molar refractivity (Wildman–Crippen MR) is 101 cm³/mol. The Morgan fingerprint density at radius 1 is 1.14 bits per heavy atom. The van der Waals surface area contributed by atoms with Crippen molar-refractivity contribution in [3.05, 3.63) is 70.8 Å². The number of fused-ring (bicyclic) bond motifs is 1. The molecule has 0 spiro atoms. The number of nitrogens with one attached hydrogen (secondary N) is 1. The zero-order chi connectivity index (χ0) is 19.3. The zero-order valence-corrected chi connectivity index (χ0v) is 15.0. The van der Waals surface area contributed by atoms with Crippen LogP contribution in [0.3, 0.4) is 0 Å². The second-order valence-electron chi connectivity index (χ2n) is 6.20. The first-order valence-electron chi connectivity index (χ1n) is 8.87. The van der Waals surface area contributed by atoms with Crippen LogP contribution in [0.1, 0.15) is 16.8 Å². The Morgan fingerprint density at radius 2 is 2.04 bits per heavy atom. The van der Waals surface area contributed by atoms with Crippen molar-refractivity contribution < 1.29 is 14.3 Å². The van der Waals surface area contributed by atoms with Gasteiger partial charge in [-0.25, -0.2) is 4.68 Å². The van der Waals surface area contributed by atoms with Gasteiger partial charge in [0.15, 0.2) is 11.5 Å². The fraction of sp³-hybridized carbons (Fsp3) is 0.200. The monoisotopic (exact) mass is 378 g/mol. The summed E-state index contributed by atoms with van der Waals surface area (Å²) < 4.78 is 11.9. The molecule has 8 nitrogen and oxygen atoms in total. The van der Waals surface area contributed by atoms with Gasteiger partial charge in [-0.3, -0.25) is 14.6 Å². The van der Waals surface area contributed by atoms with Gasteiger partial charge in [-0.15, -0.1) is 0 Å². The molecule has 1 aromatic carbocycles. The molecule has 28 heavy (non-hydrogen) atoms. The molecule has 3 heterocycles. The standard InChI is InChI=1S/C20H18N4O4/c25-19-7-5-16(15-3-1-8-21-12-15)23-24(19)10-2-9-22-20(26)14-4-6-17-18(11-14)28-13-27-17/h1,3-8,11-12H,2,9-10,13H2,(H,22,26). The number of ether oxygens (including phenoxy) is 2. The van der Waals surface area contributed by atoms with Crippen molar-refractivity contribution in [3.63, 3.8) is 0 Å². The van der Waals surface area contributed by atoms with Crippen molar-refractivity contribution in [2.24, 2.45) is 0 Å². The number of nitrogens with zero attached hydrogens (tertiary/aromatic N) is 3. The summed E-state index contributed by atoms with van der Waals surface area (Å²) in [6.45, 7) is 0.979. The van der Waals surface area contributed by atoms with E-state index in [0.717, 1.165) is 5.56 Å². The van der Waals surface area contributed by atoms with Crippen LogP contribution in [0.4, 0.5) is 0 Å². The molecule has 4 rings (SSSR count). The third-order valence-electron chi connectivity index (χ3n) is 4.29. The van der Waals surface area contributed by atoms with Crippen molar-refractivity contribution in [1.82, 2.24) is 20.1 Å². The van der Waals surface area contributed by atoms with E-state index in [2.05, 4.69) is 15.4 Å². The van der Waals surface area contributed by atoms with Gasteiger partial charge >= 0.3 is 0 Å². The van der Waals surface area contributed by atoms with Gasteiger partial charge in [0.05, 0.1) is 5.69 Å². The van der Waals surface area contributed by atoms with Crippen LogP contribution in [0.5, 0.6) is 11.5 Å². The van der Waals surface area contributed by atoms with Crippen molar-refractivity contribution >= 4 is 5.91 Å².